The molecule has 0 saturated carbocycles. The zero-order valence-corrected chi connectivity index (χ0v) is 14.7. The molecule has 3 nitrogen and oxygen atoms in total. The van der Waals surface area contributed by atoms with Gasteiger partial charge < -0.3 is 15.5 Å². The second-order valence-corrected chi connectivity index (χ2v) is 6.38. The maximum Gasteiger partial charge on any atom is 0.0388 e. The zero-order valence-electron chi connectivity index (χ0n) is 14.7. The summed E-state index contributed by atoms with van der Waals surface area (Å²) in [6.45, 7) is 11.0. The van der Waals surface area contributed by atoms with Crippen molar-refractivity contribution in [2.45, 2.75) is 52.6 Å². The van der Waals surface area contributed by atoms with Crippen LogP contribution >= 0.6 is 0 Å². The van der Waals surface area contributed by atoms with Crippen LogP contribution in [0.25, 0.3) is 0 Å². The van der Waals surface area contributed by atoms with Crippen LogP contribution in [-0.4, -0.2) is 44.2 Å². The van der Waals surface area contributed by atoms with E-state index in [0.717, 1.165) is 25.9 Å². The Morgan fingerprint density at radius 1 is 1.19 bits per heavy atom. The van der Waals surface area contributed by atoms with Gasteiger partial charge in [0.2, 0.25) is 0 Å². The lowest BCUT2D eigenvalue weighted by Gasteiger charge is -2.32. The lowest BCUT2D eigenvalue weighted by atomic mass is 9.99. The number of hydrogen-bond acceptors (Lipinski definition) is 3. The molecule has 1 aromatic rings. The Kier molecular flexibility index (Phi) is 7.20. The summed E-state index contributed by atoms with van der Waals surface area (Å²) < 4.78 is 0. The number of aryl methyl sites for hydroxylation is 1. The molecule has 0 aliphatic carbocycles. The number of rotatable bonds is 8. The minimum absolute atomic E-state index is 0.268. The fourth-order valence-corrected chi connectivity index (χ4v) is 2.89. The second kappa shape index (κ2) is 8.40. The van der Waals surface area contributed by atoms with Gasteiger partial charge in [0.1, 0.15) is 0 Å². The van der Waals surface area contributed by atoms with E-state index >= 15 is 0 Å². The van der Waals surface area contributed by atoms with Crippen LogP contribution in [0.5, 0.6) is 0 Å². The second-order valence-electron chi connectivity index (χ2n) is 6.38. The molecule has 0 spiro atoms. The number of nitrogens with zero attached hydrogens (tertiary/aromatic N) is 2. The first-order valence-electron chi connectivity index (χ1n) is 8.15. The Hall–Kier alpha value is -1.06. The largest absolute Gasteiger partial charge is 0.368 e. The minimum Gasteiger partial charge on any atom is -0.368 e. The first-order chi connectivity index (χ1) is 9.88. The summed E-state index contributed by atoms with van der Waals surface area (Å²) in [6, 6.07) is 7.59. The van der Waals surface area contributed by atoms with E-state index in [1.807, 2.05) is 0 Å². The van der Waals surface area contributed by atoms with Crippen LogP contribution in [0.15, 0.2) is 18.2 Å². The number of hydrogen-bond donors (Lipinski definition) is 1. The summed E-state index contributed by atoms with van der Waals surface area (Å²) >= 11 is 0. The van der Waals surface area contributed by atoms with E-state index in [1.54, 1.807) is 0 Å². The Morgan fingerprint density at radius 2 is 1.86 bits per heavy atom. The summed E-state index contributed by atoms with van der Waals surface area (Å²) in [5.74, 6) is 0. The summed E-state index contributed by atoms with van der Waals surface area (Å²) in [4.78, 5) is 4.71. The summed E-state index contributed by atoms with van der Waals surface area (Å²) in [6.07, 6.45) is 2.00. The Morgan fingerprint density at radius 3 is 2.33 bits per heavy atom. The molecular weight excluding hydrogens is 258 g/mol. The van der Waals surface area contributed by atoms with E-state index in [2.05, 4.69) is 69.8 Å². The van der Waals surface area contributed by atoms with Crippen LogP contribution < -0.4 is 10.6 Å². The van der Waals surface area contributed by atoms with Crippen LogP contribution in [0, 0.1) is 6.92 Å². The minimum atomic E-state index is 0.268. The van der Waals surface area contributed by atoms with Crippen LogP contribution in [0.4, 0.5) is 5.69 Å². The quantitative estimate of drug-likeness (QED) is 0.799. The van der Waals surface area contributed by atoms with Gasteiger partial charge in [-0.1, -0.05) is 13.0 Å². The van der Waals surface area contributed by atoms with Gasteiger partial charge in [-0.2, -0.15) is 0 Å². The third-order valence-corrected chi connectivity index (χ3v) is 4.17. The highest BCUT2D eigenvalue weighted by atomic mass is 15.2. The number of likely N-dealkylation sites (N-methyl/N-ethyl adjacent to an activating group) is 2. The number of nitrogens with two attached hydrogens (primary N) is 1. The third kappa shape index (κ3) is 5.33. The maximum atomic E-state index is 6.09. The van der Waals surface area contributed by atoms with Gasteiger partial charge in [-0.15, -0.1) is 0 Å². The highest BCUT2D eigenvalue weighted by molar-refractivity contribution is 5.51. The van der Waals surface area contributed by atoms with Gasteiger partial charge in [-0.25, -0.2) is 0 Å². The summed E-state index contributed by atoms with van der Waals surface area (Å²) in [5, 5.41) is 0. The monoisotopic (exact) mass is 291 g/mol. The SMILES string of the molecule is CCC(N)Cc1ccc(N(CC)C(C)CN(C)C)cc1C. The van der Waals surface area contributed by atoms with Gasteiger partial charge >= 0.3 is 0 Å². The molecule has 0 aliphatic heterocycles. The molecule has 0 amide bonds. The van der Waals surface area contributed by atoms with Crippen molar-refractivity contribution in [2.24, 2.45) is 5.73 Å². The van der Waals surface area contributed by atoms with Crippen LogP contribution in [-0.2, 0) is 6.42 Å². The Balaban J connectivity index is 2.89. The molecule has 0 radical (unpaired) electrons. The number of benzene rings is 1. The zero-order chi connectivity index (χ0) is 16.0. The normalized spacial score (nSPS) is 14.3. The molecule has 2 N–H and O–H groups in total. The van der Waals surface area contributed by atoms with Crippen LogP contribution in [0.1, 0.15) is 38.3 Å². The molecule has 3 heteroatoms. The summed E-state index contributed by atoms with van der Waals surface area (Å²) in [5.41, 5.74) is 10.1. The van der Waals surface area contributed by atoms with E-state index in [4.69, 9.17) is 5.73 Å². The molecule has 0 heterocycles. The van der Waals surface area contributed by atoms with Crippen molar-refractivity contribution >= 4 is 5.69 Å². The van der Waals surface area contributed by atoms with Gasteiger partial charge in [0, 0.05) is 30.9 Å². The molecular formula is C18H33N3. The number of anilines is 1. The Labute approximate surface area is 131 Å². The van der Waals surface area contributed by atoms with E-state index in [1.165, 1.54) is 16.8 Å². The summed E-state index contributed by atoms with van der Waals surface area (Å²) in [7, 11) is 4.26. The highest BCUT2D eigenvalue weighted by Crippen LogP contribution is 2.22. The fourth-order valence-electron chi connectivity index (χ4n) is 2.89. The molecule has 2 atom stereocenters. The molecule has 0 bridgehead atoms. The molecule has 0 aromatic heterocycles. The molecule has 0 fully saturated rings. The van der Waals surface area contributed by atoms with Crippen molar-refractivity contribution in [1.29, 1.82) is 0 Å². The average molecular weight is 291 g/mol. The first-order valence-corrected chi connectivity index (χ1v) is 8.15. The van der Waals surface area contributed by atoms with Crippen molar-refractivity contribution in [3.63, 3.8) is 0 Å². The molecule has 0 aliphatic rings. The van der Waals surface area contributed by atoms with Gasteiger partial charge in [0.25, 0.3) is 0 Å². The molecule has 21 heavy (non-hydrogen) atoms. The van der Waals surface area contributed by atoms with Crippen molar-refractivity contribution in [3.05, 3.63) is 29.3 Å². The van der Waals surface area contributed by atoms with Gasteiger partial charge in [-0.05, 0) is 71.0 Å². The molecule has 1 rings (SSSR count). The van der Waals surface area contributed by atoms with E-state index in [0.29, 0.717) is 6.04 Å². The van der Waals surface area contributed by atoms with Gasteiger partial charge in [-0.3, -0.25) is 0 Å². The highest BCUT2D eigenvalue weighted by Gasteiger charge is 2.15. The maximum absolute atomic E-state index is 6.09. The average Bonchev–Trinajstić information content (AvgIpc) is 2.41. The van der Waals surface area contributed by atoms with Crippen molar-refractivity contribution < 1.29 is 0 Å². The smallest absolute Gasteiger partial charge is 0.0388 e. The Bertz CT molecular complexity index is 428. The predicted octanol–water partition coefficient (Wildman–Crippen LogP) is 3.05. The van der Waals surface area contributed by atoms with E-state index in [9.17, 15) is 0 Å². The first kappa shape index (κ1) is 18.0. The molecule has 120 valence electrons. The van der Waals surface area contributed by atoms with Crippen LogP contribution in [0.3, 0.4) is 0 Å². The standard InChI is InChI=1S/C18H33N3/c1-7-17(19)12-16-9-10-18(11-14(16)3)21(8-2)15(4)13-20(5)6/h9-11,15,17H,7-8,12-13,19H2,1-6H3. The topological polar surface area (TPSA) is 32.5 Å². The van der Waals surface area contributed by atoms with Crippen LogP contribution in [0.2, 0.25) is 0 Å². The third-order valence-electron chi connectivity index (χ3n) is 4.17. The van der Waals surface area contributed by atoms with Gasteiger partial charge in [0.15, 0.2) is 0 Å². The predicted molar refractivity (Wildman–Crippen MR) is 94.2 cm³/mol. The van der Waals surface area contributed by atoms with E-state index in [-0.39, 0.29) is 6.04 Å². The lowest BCUT2D eigenvalue weighted by Crippen LogP contribution is -2.40. The molecule has 0 saturated heterocycles. The fraction of sp³-hybridized carbons (Fsp3) is 0.667. The van der Waals surface area contributed by atoms with Gasteiger partial charge in [0.05, 0.1) is 0 Å². The molecule has 1 aromatic carbocycles. The van der Waals surface area contributed by atoms with Crippen molar-refractivity contribution in [2.75, 3.05) is 32.1 Å². The van der Waals surface area contributed by atoms with E-state index < -0.39 is 0 Å². The van der Waals surface area contributed by atoms with Crippen molar-refractivity contribution in [3.8, 4) is 0 Å². The molecule has 2 unspecified atom stereocenters. The van der Waals surface area contributed by atoms with Crippen molar-refractivity contribution in [1.82, 2.24) is 4.90 Å². The lowest BCUT2D eigenvalue weighted by molar-refractivity contribution is 0.373.